The first-order chi connectivity index (χ1) is 15.9. The molecule has 1 aliphatic heterocycles. The van der Waals surface area contributed by atoms with Gasteiger partial charge in [0.1, 0.15) is 29.0 Å². The normalized spacial score (nSPS) is 26.2. The lowest BCUT2D eigenvalue weighted by molar-refractivity contribution is -0.161. The van der Waals surface area contributed by atoms with E-state index in [1.165, 1.54) is 6.33 Å². The van der Waals surface area contributed by atoms with Gasteiger partial charge in [0.15, 0.2) is 5.79 Å². The zero-order valence-corrected chi connectivity index (χ0v) is 20.5. The lowest BCUT2D eigenvalue weighted by Gasteiger charge is -2.24. The fourth-order valence-electron chi connectivity index (χ4n) is 5.07. The van der Waals surface area contributed by atoms with Crippen LogP contribution in [0.15, 0.2) is 53.5 Å². The second-order valence-electron chi connectivity index (χ2n) is 9.07. The van der Waals surface area contributed by atoms with Crippen molar-refractivity contribution in [3.05, 3.63) is 58.7 Å². The molecule has 0 spiro atoms. The Morgan fingerprint density at radius 2 is 2.00 bits per heavy atom. The van der Waals surface area contributed by atoms with Crippen LogP contribution in [0.1, 0.15) is 26.3 Å². The number of hydrogen-bond acceptors (Lipinski definition) is 6. The highest BCUT2D eigenvalue weighted by Crippen LogP contribution is 2.48. The number of hydrogen-bond donors (Lipinski definition) is 0. The van der Waals surface area contributed by atoms with Gasteiger partial charge in [-0.3, -0.25) is 4.98 Å². The van der Waals surface area contributed by atoms with Gasteiger partial charge in [0, 0.05) is 34.2 Å². The van der Waals surface area contributed by atoms with Crippen LogP contribution in [0.2, 0.25) is 5.15 Å². The van der Waals surface area contributed by atoms with Crippen molar-refractivity contribution in [2.75, 3.05) is 6.61 Å². The lowest BCUT2D eigenvalue weighted by atomic mass is 10.1. The third-order valence-corrected chi connectivity index (χ3v) is 7.19. The van der Waals surface area contributed by atoms with Crippen LogP contribution in [-0.4, -0.2) is 44.1 Å². The van der Waals surface area contributed by atoms with E-state index in [0.717, 1.165) is 38.6 Å². The van der Waals surface area contributed by atoms with E-state index in [1.807, 2.05) is 50.4 Å². The number of ether oxygens (including phenoxy) is 3. The summed E-state index contributed by atoms with van der Waals surface area (Å²) in [4.78, 5) is 13.1. The molecule has 0 amide bonds. The van der Waals surface area contributed by atoms with Gasteiger partial charge >= 0.3 is 0 Å². The molecule has 0 N–H and O–H groups in total. The number of nitrogens with zero attached hydrogens (tertiary/aromatic N) is 4. The molecule has 0 unspecified atom stereocenters. The second-order valence-corrected chi connectivity index (χ2v) is 10.3. The van der Waals surface area contributed by atoms with E-state index in [2.05, 4.69) is 35.4 Å². The third-order valence-electron chi connectivity index (χ3n) is 6.46. The highest BCUT2D eigenvalue weighted by Gasteiger charge is 2.55. The topological polar surface area (TPSA) is 71.3 Å². The van der Waals surface area contributed by atoms with E-state index in [0.29, 0.717) is 11.8 Å². The predicted molar refractivity (Wildman–Crippen MR) is 128 cm³/mol. The lowest BCUT2D eigenvalue weighted by Crippen LogP contribution is -2.29. The average Bonchev–Trinajstić information content (AvgIpc) is 3.44. The quantitative estimate of drug-likeness (QED) is 0.323. The van der Waals surface area contributed by atoms with Crippen molar-refractivity contribution in [1.29, 1.82) is 0 Å². The molecule has 0 radical (unpaired) electrons. The summed E-state index contributed by atoms with van der Waals surface area (Å²) in [6.07, 6.45) is 5.97. The van der Waals surface area contributed by atoms with E-state index < -0.39 is 5.79 Å². The van der Waals surface area contributed by atoms with Crippen LogP contribution in [-0.2, 0) is 9.47 Å². The van der Waals surface area contributed by atoms with Crippen molar-refractivity contribution in [2.24, 2.45) is 5.92 Å². The molecule has 4 atom stereocenters. The fraction of sp³-hybridized carbons (Fsp3) is 0.375. The van der Waals surface area contributed by atoms with Crippen LogP contribution in [0.5, 0.6) is 5.75 Å². The summed E-state index contributed by atoms with van der Waals surface area (Å²) in [6, 6.07) is 10.0. The largest absolute Gasteiger partial charge is 0.493 e. The maximum atomic E-state index is 6.35. The minimum Gasteiger partial charge on any atom is -0.493 e. The van der Waals surface area contributed by atoms with Gasteiger partial charge in [-0.15, -0.1) is 0 Å². The average molecular weight is 530 g/mol. The Labute approximate surface area is 204 Å². The first-order valence-corrected chi connectivity index (χ1v) is 12.1. The summed E-state index contributed by atoms with van der Waals surface area (Å²) < 4.78 is 22.0. The monoisotopic (exact) mass is 528 g/mol. The van der Waals surface area contributed by atoms with Gasteiger partial charge in [0.25, 0.3) is 0 Å². The van der Waals surface area contributed by atoms with Crippen molar-refractivity contribution >= 4 is 49.5 Å². The van der Waals surface area contributed by atoms with Crippen LogP contribution < -0.4 is 4.74 Å². The molecule has 9 heteroatoms. The van der Waals surface area contributed by atoms with Gasteiger partial charge in [-0.25, -0.2) is 9.97 Å². The molecule has 1 saturated heterocycles. The standard InChI is InChI=1S/C24H22BrClN4O3/c1-24(2)32-20-14(11-31-16-4-3-13-7-15(25)10-27-18(13)9-16)8-19(21(20)33-24)30-6-5-17-22(26)28-12-29-23(17)30/h3-7,9-10,12,14,19-21H,8,11H2,1-2H3/t14-,19-,20-,21+/m1/s1. The fourth-order valence-corrected chi connectivity index (χ4v) is 5.61. The number of aromatic nitrogens is 4. The summed E-state index contributed by atoms with van der Waals surface area (Å²) in [7, 11) is 0. The molecule has 33 heavy (non-hydrogen) atoms. The summed E-state index contributed by atoms with van der Waals surface area (Å²) in [6.45, 7) is 4.44. The number of rotatable bonds is 4. The zero-order valence-electron chi connectivity index (χ0n) is 18.1. The summed E-state index contributed by atoms with van der Waals surface area (Å²) in [5.41, 5.74) is 1.70. The summed E-state index contributed by atoms with van der Waals surface area (Å²) in [5, 5.41) is 2.35. The Morgan fingerprint density at radius 1 is 1.15 bits per heavy atom. The van der Waals surface area contributed by atoms with E-state index in [-0.39, 0.29) is 24.2 Å². The molecule has 6 rings (SSSR count). The van der Waals surface area contributed by atoms with Gasteiger partial charge in [0.2, 0.25) is 0 Å². The Kier molecular flexibility index (Phi) is 5.10. The van der Waals surface area contributed by atoms with Gasteiger partial charge < -0.3 is 18.8 Å². The van der Waals surface area contributed by atoms with E-state index in [4.69, 9.17) is 25.8 Å². The summed E-state index contributed by atoms with van der Waals surface area (Å²) >= 11 is 9.75. The maximum Gasteiger partial charge on any atom is 0.163 e. The Hall–Kier alpha value is -2.26. The Morgan fingerprint density at radius 3 is 2.88 bits per heavy atom. The predicted octanol–water partition coefficient (Wildman–Crippen LogP) is 5.56. The first kappa shape index (κ1) is 21.3. The first-order valence-electron chi connectivity index (χ1n) is 10.9. The van der Waals surface area contributed by atoms with E-state index in [9.17, 15) is 0 Å². The van der Waals surface area contributed by atoms with Gasteiger partial charge in [-0.2, -0.15) is 0 Å². The van der Waals surface area contributed by atoms with Crippen molar-refractivity contribution in [3.8, 4) is 5.75 Å². The molecular formula is C24H22BrClN4O3. The summed E-state index contributed by atoms with van der Waals surface area (Å²) in [5.74, 6) is 0.300. The maximum absolute atomic E-state index is 6.35. The third kappa shape index (κ3) is 3.79. The molecule has 1 aromatic carbocycles. The van der Waals surface area contributed by atoms with Crippen LogP contribution in [0, 0.1) is 5.92 Å². The van der Waals surface area contributed by atoms with Crippen LogP contribution in [0.3, 0.4) is 0 Å². The van der Waals surface area contributed by atoms with Crippen molar-refractivity contribution < 1.29 is 14.2 Å². The van der Waals surface area contributed by atoms with Gasteiger partial charge in [-0.1, -0.05) is 11.6 Å². The molecule has 7 nitrogen and oxygen atoms in total. The van der Waals surface area contributed by atoms with Gasteiger partial charge in [-0.05, 0) is 60.5 Å². The number of halogens is 2. The van der Waals surface area contributed by atoms with Crippen molar-refractivity contribution in [1.82, 2.24) is 19.5 Å². The minimum absolute atomic E-state index is 0.0597. The molecule has 1 aliphatic carbocycles. The Bertz CT molecular complexity index is 1360. The number of pyridine rings is 1. The number of benzene rings is 1. The van der Waals surface area contributed by atoms with Crippen LogP contribution in [0.4, 0.5) is 0 Å². The van der Waals surface area contributed by atoms with E-state index in [1.54, 1.807) is 6.20 Å². The molecule has 3 aromatic heterocycles. The molecule has 2 fully saturated rings. The smallest absolute Gasteiger partial charge is 0.163 e. The molecule has 4 aromatic rings. The second kappa shape index (κ2) is 7.91. The zero-order chi connectivity index (χ0) is 22.7. The molecule has 0 bridgehead atoms. The minimum atomic E-state index is -0.651. The number of fused-ring (bicyclic) bond motifs is 3. The molecular weight excluding hydrogens is 508 g/mol. The highest BCUT2D eigenvalue weighted by molar-refractivity contribution is 9.10. The molecule has 2 aliphatic rings. The van der Waals surface area contributed by atoms with Crippen molar-refractivity contribution in [2.45, 2.75) is 44.3 Å². The highest BCUT2D eigenvalue weighted by atomic mass is 79.9. The van der Waals surface area contributed by atoms with Crippen molar-refractivity contribution in [3.63, 3.8) is 0 Å². The van der Waals surface area contributed by atoms with Gasteiger partial charge in [0.05, 0.1) is 29.7 Å². The molecule has 170 valence electrons. The molecule has 4 heterocycles. The van der Waals surface area contributed by atoms with Crippen LogP contribution in [0.25, 0.3) is 21.9 Å². The Balaban J connectivity index is 1.27. The molecule has 1 saturated carbocycles. The van der Waals surface area contributed by atoms with Crippen LogP contribution >= 0.6 is 27.5 Å². The SMILES string of the molecule is CC1(C)O[C@@H]2[C@@H](COc3ccc4cc(Br)cnc4c3)C[C@@H](n3ccc4c(Cl)ncnc43)[C@@H]2O1. The van der Waals surface area contributed by atoms with E-state index >= 15 is 0 Å².